The number of nitrogens with one attached hydrogen (secondary N) is 1. The van der Waals surface area contributed by atoms with Gasteiger partial charge >= 0.3 is 0 Å². The number of hydrogen-bond donors (Lipinski definition) is 2. The third kappa shape index (κ3) is 5.44. The van der Waals surface area contributed by atoms with Crippen molar-refractivity contribution in [2.75, 3.05) is 20.1 Å². The Labute approximate surface area is 150 Å². The van der Waals surface area contributed by atoms with Crippen LogP contribution in [0.3, 0.4) is 0 Å². The maximum atomic E-state index is 12.2. The average molecular weight is 376 g/mol. The maximum absolute atomic E-state index is 12.2. The summed E-state index contributed by atoms with van der Waals surface area (Å²) in [6.07, 6.45) is 2.42. The van der Waals surface area contributed by atoms with E-state index in [4.69, 9.17) is 5.73 Å². The summed E-state index contributed by atoms with van der Waals surface area (Å²) in [6, 6.07) is 6.78. The monoisotopic (exact) mass is 375 g/mol. The largest absolute Gasteiger partial charge is 0.344 e. The molecule has 2 rings (SSSR count). The molecule has 1 amide bonds. The fourth-order valence-electron chi connectivity index (χ4n) is 2.81. The molecule has 2 atom stereocenters. The van der Waals surface area contributed by atoms with Gasteiger partial charge in [0.2, 0.25) is 15.9 Å². The van der Waals surface area contributed by atoms with Crippen molar-refractivity contribution in [2.45, 2.75) is 37.1 Å². The molecule has 0 bridgehead atoms. The first kappa shape index (κ1) is 20.9. The van der Waals surface area contributed by atoms with Crippen LogP contribution in [-0.4, -0.2) is 45.4 Å². The minimum Gasteiger partial charge on any atom is -0.344 e. The molecule has 1 aliphatic rings. The Morgan fingerprint density at radius 1 is 1.29 bits per heavy atom. The zero-order valence-corrected chi connectivity index (χ0v) is 15.7. The van der Waals surface area contributed by atoms with Gasteiger partial charge in [0, 0.05) is 32.1 Å². The van der Waals surface area contributed by atoms with Gasteiger partial charge in [-0.25, -0.2) is 13.1 Å². The molecule has 8 heteroatoms. The van der Waals surface area contributed by atoms with Crippen molar-refractivity contribution in [2.24, 2.45) is 11.7 Å². The van der Waals surface area contributed by atoms with Crippen LogP contribution in [0.5, 0.6) is 0 Å². The second kappa shape index (κ2) is 8.80. The van der Waals surface area contributed by atoms with Crippen LogP contribution < -0.4 is 10.5 Å². The fourth-order valence-corrected chi connectivity index (χ4v) is 3.83. The molecule has 1 aliphatic carbocycles. The minimum absolute atomic E-state index is 0. The van der Waals surface area contributed by atoms with Crippen LogP contribution in [0.1, 0.15) is 24.8 Å². The van der Waals surface area contributed by atoms with E-state index in [0.29, 0.717) is 6.54 Å². The SMILES string of the molecule is Cc1ccc(S(=O)(=O)NCCN(C)C(=O)C2CCC(N)C2)cc1.Cl. The molecule has 0 radical (unpaired) electrons. The Morgan fingerprint density at radius 3 is 2.46 bits per heavy atom. The fraction of sp³-hybridized carbons (Fsp3) is 0.562. The molecular weight excluding hydrogens is 350 g/mol. The van der Waals surface area contributed by atoms with Gasteiger partial charge in [0.1, 0.15) is 0 Å². The molecule has 0 spiro atoms. The Balaban J connectivity index is 0.00000288. The summed E-state index contributed by atoms with van der Waals surface area (Å²) in [5.41, 5.74) is 6.84. The smallest absolute Gasteiger partial charge is 0.240 e. The second-order valence-corrected chi connectivity index (χ2v) is 8.01. The lowest BCUT2D eigenvalue weighted by atomic mass is 10.1. The quantitative estimate of drug-likeness (QED) is 0.783. The Kier molecular flexibility index (Phi) is 7.66. The summed E-state index contributed by atoms with van der Waals surface area (Å²) in [5.74, 6) is 0.0242. The van der Waals surface area contributed by atoms with E-state index >= 15 is 0 Å². The first-order chi connectivity index (χ1) is 10.8. The third-order valence-corrected chi connectivity index (χ3v) is 5.75. The van der Waals surface area contributed by atoms with Gasteiger partial charge in [-0.3, -0.25) is 4.79 Å². The van der Waals surface area contributed by atoms with E-state index in [2.05, 4.69) is 4.72 Å². The van der Waals surface area contributed by atoms with Crippen LogP contribution in [0.25, 0.3) is 0 Å². The van der Waals surface area contributed by atoms with E-state index in [1.165, 1.54) is 0 Å². The number of carbonyl (C=O) groups excluding carboxylic acids is 1. The van der Waals surface area contributed by atoms with E-state index < -0.39 is 10.0 Å². The maximum Gasteiger partial charge on any atom is 0.240 e. The number of rotatable bonds is 6. The number of nitrogens with two attached hydrogens (primary N) is 1. The number of carbonyl (C=O) groups is 1. The second-order valence-electron chi connectivity index (χ2n) is 6.24. The van der Waals surface area contributed by atoms with Gasteiger partial charge in [-0.2, -0.15) is 0 Å². The summed E-state index contributed by atoms with van der Waals surface area (Å²) in [4.78, 5) is 14.1. The zero-order valence-electron chi connectivity index (χ0n) is 14.1. The van der Waals surface area contributed by atoms with Crippen LogP contribution in [0, 0.1) is 12.8 Å². The summed E-state index contributed by atoms with van der Waals surface area (Å²) >= 11 is 0. The van der Waals surface area contributed by atoms with Gasteiger partial charge in [-0.05, 0) is 38.3 Å². The highest BCUT2D eigenvalue weighted by molar-refractivity contribution is 7.89. The summed E-state index contributed by atoms with van der Waals surface area (Å²) < 4.78 is 26.9. The number of aryl methyl sites for hydroxylation is 1. The summed E-state index contributed by atoms with van der Waals surface area (Å²) in [5, 5.41) is 0. The molecule has 1 aromatic rings. The Morgan fingerprint density at radius 2 is 1.92 bits per heavy atom. The van der Waals surface area contributed by atoms with Crippen LogP contribution in [0.4, 0.5) is 0 Å². The summed E-state index contributed by atoms with van der Waals surface area (Å²) in [6.45, 7) is 2.44. The van der Waals surface area contributed by atoms with Crippen molar-refractivity contribution in [3.05, 3.63) is 29.8 Å². The van der Waals surface area contributed by atoms with Crippen molar-refractivity contribution in [3.8, 4) is 0 Å². The zero-order chi connectivity index (χ0) is 17.0. The third-order valence-electron chi connectivity index (χ3n) is 4.27. The lowest BCUT2D eigenvalue weighted by molar-refractivity contribution is -0.133. The number of nitrogens with zero attached hydrogens (tertiary/aromatic N) is 1. The van der Waals surface area contributed by atoms with Gasteiger partial charge in [0.05, 0.1) is 4.90 Å². The molecular formula is C16H26ClN3O3S. The van der Waals surface area contributed by atoms with Crippen LogP contribution in [-0.2, 0) is 14.8 Å². The molecule has 6 nitrogen and oxygen atoms in total. The van der Waals surface area contributed by atoms with Gasteiger partial charge in [-0.1, -0.05) is 17.7 Å². The summed E-state index contributed by atoms with van der Waals surface area (Å²) in [7, 11) is -1.83. The molecule has 3 N–H and O–H groups in total. The molecule has 24 heavy (non-hydrogen) atoms. The predicted octanol–water partition coefficient (Wildman–Crippen LogP) is 1.28. The van der Waals surface area contributed by atoms with Gasteiger partial charge in [-0.15, -0.1) is 12.4 Å². The highest BCUT2D eigenvalue weighted by Gasteiger charge is 2.29. The lowest BCUT2D eigenvalue weighted by Gasteiger charge is -2.21. The van der Waals surface area contributed by atoms with Crippen molar-refractivity contribution < 1.29 is 13.2 Å². The van der Waals surface area contributed by atoms with Crippen LogP contribution in [0.15, 0.2) is 29.2 Å². The predicted molar refractivity (Wildman–Crippen MR) is 96.6 cm³/mol. The number of likely N-dealkylation sites (N-methyl/N-ethyl adjacent to an activating group) is 1. The van der Waals surface area contributed by atoms with Gasteiger partial charge < -0.3 is 10.6 Å². The van der Waals surface area contributed by atoms with Gasteiger partial charge in [0.15, 0.2) is 0 Å². The highest BCUT2D eigenvalue weighted by atomic mass is 35.5. The van der Waals surface area contributed by atoms with E-state index in [0.717, 1.165) is 24.8 Å². The number of amides is 1. The first-order valence-electron chi connectivity index (χ1n) is 7.86. The van der Waals surface area contributed by atoms with Crippen LogP contribution in [0.2, 0.25) is 0 Å². The van der Waals surface area contributed by atoms with E-state index in [9.17, 15) is 13.2 Å². The number of benzene rings is 1. The highest BCUT2D eigenvalue weighted by Crippen LogP contribution is 2.25. The molecule has 0 aromatic heterocycles. The Bertz CT molecular complexity index is 649. The van der Waals surface area contributed by atoms with Crippen molar-refractivity contribution in [1.82, 2.24) is 9.62 Å². The number of sulfonamides is 1. The van der Waals surface area contributed by atoms with Gasteiger partial charge in [0.25, 0.3) is 0 Å². The van der Waals surface area contributed by atoms with E-state index in [1.54, 1.807) is 36.2 Å². The average Bonchev–Trinajstić information content (AvgIpc) is 2.93. The van der Waals surface area contributed by atoms with Crippen molar-refractivity contribution >= 4 is 28.3 Å². The molecule has 136 valence electrons. The normalized spacial score (nSPS) is 20.5. The number of hydrogen-bond acceptors (Lipinski definition) is 4. The molecule has 1 fully saturated rings. The molecule has 1 aromatic carbocycles. The van der Waals surface area contributed by atoms with Crippen molar-refractivity contribution in [1.29, 1.82) is 0 Å². The Hall–Kier alpha value is -1.15. The van der Waals surface area contributed by atoms with E-state index in [1.807, 2.05) is 6.92 Å². The molecule has 0 heterocycles. The molecule has 1 saturated carbocycles. The molecule has 0 aliphatic heterocycles. The van der Waals surface area contributed by atoms with E-state index in [-0.39, 0.29) is 41.7 Å². The first-order valence-corrected chi connectivity index (χ1v) is 9.35. The molecule has 2 unspecified atom stereocenters. The topological polar surface area (TPSA) is 92.5 Å². The lowest BCUT2D eigenvalue weighted by Crippen LogP contribution is -2.38. The van der Waals surface area contributed by atoms with Crippen LogP contribution >= 0.6 is 12.4 Å². The standard InChI is InChI=1S/C16H25N3O3S.ClH/c1-12-3-7-15(8-4-12)23(21,22)18-9-10-19(2)16(20)13-5-6-14(17)11-13;/h3-4,7-8,13-14,18H,5-6,9-11,17H2,1-2H3;1H. The minimum atomic E-state index is -3.53. The number of halogens is 1. The van der Waals surface area contributed by atoms with Crippen molar-refractivity contribution in [3.63, 3.8) is 0 Å². The molecule has 0 saturated heterocycles.